The van der Waals surface area contributed by atoms with Gasteiger partial charge in [-0.3, -0.25) is 0 Å². The maximum Gasteiger partial charge on any atom is 0.252 e. The minimum atomic E-state index is 0.230. The quantitative estimate of drug-likeness (QED) is 0.274. The lowest BCUT2D eigenvalue weighted by molar-refractivity contribution is 1.04. The van der Waals surface area contributed by atoms with Crippen molar-refractivity contribution in [2.75, 3.05) is 11.9 Å². The van der Waals surface area contributed by atoms with Gasteiger partial charge in [0.1, 0.15) is 0 Å². The molecule has 2 aliphatic rings. The average molecular weight is 460 g/mol. The first-order valence-corrected chi connectivity index (χ1v) is 12.7. The van der Waals surface area contributed by atoms with E-state index in [0.717, 1.165) is 0 Å². The van der Waals surface area contributed by atoms with Crippen molar-refractivity contribution in [2.24, 2.45) is 0 Å². The summed E-state index contributed by atoms with van der Waals surface area (Å²) in [5, 5.41) is 3.95. The van der Waals surface area contributed by atoms with Crippen molar-refractivity contribution in [3.63, 3.8) is 0 Å². The zero-order valence-corrected chi connectivity index (χ0v) is 20.7. The van der Waals surface area contributed by atoms with Gasteiger partial charge in [-0.15, -0.1) is 0 Å². The van der Waals surface area contributed by atoms with E-state index in [9.17, 15) is 0 Å². The number of rotatable bonds is 1. The van der Waals surface area contributed by atoms with Crippen molar-refractivity contribution in [1.82, 2.24) is 4.57 Å². The van der Waals surface area contributed by atoms with Crippen LogP contribution in [0.4, 0.5) is 11.4 Å². The predicted molar refractivity (Wildman–Crippen MR) is 155 cm³/mol. The standard InChI is InChI=1S/C33H25BN2/c1-20-21(2)36-30-16-8-15-29-32(30)34(28-14-7-12-24(20)33(28)36)27-18-17-23(19-31(27)35(29)3)26-13-6-10-22-9-4-5-11-25(22)26/h4-19H,1-3H3. The van der Waals surface area contributed by atoms with Crippen LogP contribution in [0.2, 0.25) is 0 Å². The van der Waals surface area contributed by atoms with Crippen molar-refractivity contribution in [1.29, 1.82) is 0 Å². The summed E-state index contributed by atoms with van der Waals surface area (Å²) in [5.41, 5.74) is 14.8. The first-order valence-electron chi connectivity index (χ1n) is 12.7. The third-order valence-electron chi connectivity index (χ3n) is 8.64. The van der Waals surface area contributed by atoms with Crippen LogP contribution in [0.15, 0.2) is 97.1 Å². The van der Waals surface area contributed by atoms with Crippen molar-refractivity contribution in [3.05, 3.63) is 108 Å². The molecule has 36 heavy (non-hydrogen) atoms. The maximum absolute atomic E-state index is 2.50. The molecule has 0 unspecified atom stereocenters. The summed E-state index contributed by atoms with van der Waals surface area (Å²) in [6.45, 7) is 4.75. The molecule has 0 amide bonds. The van der Waals surface area contributed by atoms with Crippen LogP contribution in [0.25, 0.3) is 38.5 Å². The zero-order valence-electron chi connectivity index (χ0n) is 20.7. The van der Waals surface area contributed by atoms with Gasteiger partial charge >= 0.3 is 0 Å². The molecule has 170 valence electrons. The van der Waals surface area contributed by atoms with Crippen LogP contribution in [0.5, 0.6) is 0 Å². The number of hydrogen-bond acceptors (Lipinski definition) is 1. The van der Waals surface area contributed by atoms with Crippen molar-refractivity contribution >= 4 is 56.2 Å². The number of fused-ring (bicyclic) bond motifs is 5. The fourth-order valence-electron chi connectivity index (χ4n) is 6.83. The summed E-state index contributed by atoms with van der Waals surface area (Å²) in [6, 6.07) is 36.1. The molecule has 3 heterocycles. The molecule has 5 aromatic carbocycles. The van der Waals surface area contributed by atoms with Crippen LogP contribution in [0.1, 0.15) is 11.3 Å². The zero-order chi connectivity index (χ0) is 24.1. The fraction of sp³-hybridized carbons (Fsp3) is 0.0909. The molecule has 0 N–H and O–H groups in total. The summed E-state index contributed by atoms with van der Waals surface area (Å²) >= 11 is 0. The summed E-state index contributed by atoms with van der Waals surface area (Å²) < 4.78 is 2.50. The number of aryl methyl sites for hydroxylation is 1. The normalized spacial score (nSPS) is 13.3. The molecule has 0 atom stereocenters. The second-order valence-electron chi connectivity index (χ2n) is 10.3. The van der Waals surface area contributed by atoms with Gasteiger partial charge in [-0.05, 0) is 75.9 Å². The number of nitrogens with zero attached hydrogens (tertiary/aromatic N) is 2. The van der Waals surface area contributed by atoms with Crippen molar-refractivity contribution < 1.29 is 0 Å². The summed E-state index contributed by atoms with van der Waals surface area (Å²) in [7, 11) is 2.22. The number of hydrogen-bond donors (Lipinski definition) is 0. The lowest BCUT2D eigenvalue weighted by Gasteiger charge is -2.38. The van der Waals surface area contributed by atoms with E-state index in [4.69, 9.17) is 0 Å². The SMILES string of the molecule is Cc1c(C)n2c3c(cccc13)B1c3ccc(-c4cccc5ccccc45)cc3N(C)c3cccc-2c31. The van der Waals surface area contributed by atoms with Crippen LogP contribution >= 0.6 is 0 Å². The van der Waals surface area contributed by atoms with Crippen LogP contribution in [0.3, 0.4) is 0 Å². The highest BCUT2D eigenvalue weighted by atomic mass is 15.1. The van der Waals surface area contributed by atoms with E-state index in [0.29, 0.717) is 0 Å². The molecule has 0 spiro atoms. The fourth-order valence-corrected chi connectivity index (χ4v) is 6.83. The van der Waals surface area contributed by atoms with Gasteiger partial charge in [-0.25, -0.2) is 0 Å². The minimum Gasteiger partial charge on any atom is -0.345 e. The highest BCUT2D eigenvalue weighted by Crippen LogP contribution is 2.38. The predicted octanol–water partition coefficient (Wildman–Crippen LogP) is 5.98. The van der Waals surface area contributed by atoms with E-state index in [2.05, 4.69) is 127 Å². The second-order valence-corrected chi connectivity index (χ2v) is 10.3. The lowest BCUT2D eigenvalue weighted by Crippen LogP contribution is -2.60. The van der Waals surface area contributed by atoms with E-state index < -0.39 is 0 Å². The van der Waals surface area contributed by atoms with E-state index in [1.54, 1.807) is 0 Å². The summed E-state index contributed by atoms with van der Waals surface area (Å²) in [6.07, 6.45) is 0. The third-order valence-corrected chi connectivity index (χ3v) is 8.64. The molecule has 0 saturated carbocycles. The number of anilines is 2. The molecule has 3 heteroatoms. The molecular weight excluding hydrogens is 435 g/mol. The maximum atomic E-state index is 2.50. The topological polar surface area (TPSA) is 8.17 Å². The van der Waals surface area contributed by atoms with Crippen LogP contribution in [-0.4, -0.2) is 18.3 Å². The van der Waals surface area contributed by atoms with Gasteiger partial charge in [0, 0.05) is 40.7 Å². The highest BCUT2D eigenvalue weighted by molar-refractivity contribution is 7.00. The molecule has 8 rings (SSSR count). The molecule has 2 aliphatic heterocycles. The largest absolute Gasteiger partial charge is 0.345 e. The van der Waals surface area contributed by atoms with Gasteiger partial charge in [0.2, 0.25) is 0 Å². The van der Waals surface area contributed by atoms with Crippen molar-refractivity contribution in [3.8, 4) is 16.8 Å². The van der Waals surface area contributed by atoms with Gasteiger partial charge in [0.15, 0.2) is 0 Å². The first kappa shape index (κ1) is 20.0. The van der Waals surface area contributed by atoms with Crippen LogP contribution < -0.4 is 21.3 Å². The molecule has 0 radical (unpaired) electrons. The van der Waals surface area contributed by atoms with E-state index in [1.807, 2.05) is 0 Å². The number of benzene rings is 5. The smallest absolute Gasteiger partial charge is 0.252 e. The monoisotopic (exact) mass is 460 g/mol. The molecule has 0 bridgehead atoms. The Morgan fingerprint density at radius 1 is 0.639 bits per heavy atom. The molecule has 0 saturated heterocycles. The first-order chi connectivity index (χ1) is 17.6. The van der Waals surface area contributed by atoms with E-state index in [1.165, 1.54) is 77.5 Å². The Bertz CT molecular complexity index is 1890. The van der Waals surface area contributed by atoms with Crippen LogP contribution in [-0.2, 0) is 0 Å². The Hall–Kier alpha value is -4.24. The van der Waals surface area contributed by atoms with Gasteiger partial charge in [0.05, 0.1) is 0 Å². The average Bonchev–Trinajstić information content (AvgIpc) is 3.18. The molecule has 0 fully saturated rings. The molecule has 0 aliphatic carbocycles. The second kappa shape index (κ2) is 6.92. The lowest BCUT2D eigenvalue weighted by atomic mass is 9.34. The number of aromatic nitrogens is 1. The number of para-hydroxylation sites is 1. The minimum absolute atomic E-state index is 0.230. The Balaban J connectivity index is 1.43. The Labute approximate surface area is 211 Å². The summed E-state index contributed by atoms with van der Waals surface area (Å²) in [5.74, 6) is 0. The Morgan fingerprint density at radius 3 is 2.31 bits per heavy atom. The van der Waals surface area contributed by atoms with Gasteiger partial charge < -0.3 is 9.47 Å². The van der Waals surface area contributed by atoms with E-state index >= 15 is 0 Å². The third kappa shape index (κ3) is 2.38. The van der Waals surface area contributed by atoms with Gasteiger partial charge in [-0.1, -0.05) is 78.9 Å². The van der Waals surface area contributed by atoms with Gasteiger partial charge in [0.25, 0.3) is 6.71 Å². The van der Waals surface area contributed by atoms with Crippen LogP contribution in [0, 0.1) is 13.8 Å². The molecule has 2 nitrogen and oxygen atoms in total. The molecule has 6 aromatic rings. The molecule has 1 aromatic heterocycles. The van der Waals surface area contributed by atoms with Crippen molar-refractivity contribution in [2.45, 2.75) is 13.8 Å². The molecular formula is C33H25BN2. The summed E-state index contributed by atoms with van der Waals surface area (Å²) in [4.78, 5) is 2.40. The Kier molecular flexibility index (Phi) is 3.85. The Morgan fingerprint density at radius 2 is 1.39 bits per heavy atom. The highest BCUT2D eigenvalue weighted by Gasteiger charge is 2.40. The van der Waals surface area contributed by atoms with Gasteiger partial charge in [-0.2, -0.15) is 0 Å². The van der Waals surface area contributed by atoms with E-state index in [-0.39, 0.29) is 6.71 Å².